The van der Waals surface area contributed by atoms with Crippen LogP contribution in [0.4, 0.5) is 0 Å². The van der Waals surface area contributed by atoms with E-state index in [9.17, 15) is 0 Å². The van der Waals surface area contributed by atoms with Gasteiger partial charge in [0.15, 0.2) is 0 Å². The molecule has 2 heteroatoms. The smallest absolute Gasteiger partial charge is 0.0513 e. The Bertz CT molecular complexity index is 376. The van der Waals surface area contributed by atoms with Gasteiger partial charge in [-0.15, -0.1) is 0 Å². The third-order valence-corrected chi connectivity index (χ3v) is 4.45. The van der Waals surface area contributed by atoms with E-state index in [0.29, 0.717) is 11.6 Å². The molecule has 86 valence electrons. The summed E-state index contributed by atoms with van der Waals surface area (Å²) in [5, 5.41) is 5.03. The van der Waals surface area contributed by atoms with E-state index < -0.39 is 0 Å². The number of benzene rings is 1. The van der Waals surface area contributed by atoms with Gasteiger partial charge < -0.3 is 0 Å². The summed E-state index contributed by atoms with van der Waals surface area (Å²) in [6, 6.07) is 11.5. The molecule has 3 unspecified atom stereocenters. The normalized spacial score (nSPS) is 38.9. The average Bonchev–Trinajstić information content (AvgIpc) is 2.48. The van der Waals surface area contributed by atoms with Gasteiger partial charge in [0.2, 0.25) is 0 Å². The molecule has 2 bridgehead atoms. The predicted octanol–water partition coefficient (Wildman–Crippen LogP) is 2.83. The van der Waals surface area contributed by atoms with Crippen molar-refractivity contribution < 1.29 is 0 Å². The lowest BCUT2D eigenvalue weighted by Gasteiger charge is -2.41. The molecule has 0 aromatic heterocycles. The molecule has 0 radical (unpaired) electrons. The van der Waals surface area contributed by atoms with E-state index in [1.807, 2.05) is 0 Å². The zero-order valence-corrected chi connectivity index (χ0v) is 10.2. The average molecular weight is 216 g/mol. The van der Waals surface area contributed by atoms with Crippen LogP contribution in [-0.4, -0.2) is 29.1 Å². The highest BCUT2D eigenvalue weighted by Crippen LogP contribution is 2.46. The molecule has 1 aromatic rings. The van der Waals surface area contributed by atoms with E-state index in [1.165, 1.54) is 31.4 Å². The summed E-state index contributed by atoms with van der Waals surface area (Å²) in [5.74, 6) is 0. The van der Waals surface area contributed by atoms with Crippen molar-refractivity contribution in [1.82, 2.24) is 10.0 Å². The lowest BCUT2D eigenvalue weighted by Crippen LogP contribution is -2.49. The molecule has 0 spiro atoms. The molecule has 2 saturated heterocycles. The van der Waals surface area contributed by atoms with Crippen molar-refractivity contribution in [2.75, 3.05) is 13.6 Å². The summed E-state index contributed by atoms with van der Waals surface area (Å²) >= 11 is 0. The largest absolute Gasteiger partial charge is 0.238 e. The first-order valence-electron chi connectivity index (χ1n) is 6.26. The third-order valence-electron chi connectivity index (χ3n) is 4.45. The predicted molar refractivity (Wildman–Crippen MR) is 65.9 cm³/mol. The van der Waals surface area contributed by atoms with Gasteiger partial charge in [-0.05, 0) is 31.7 Å². The van der Waals surface area contributed by atoms with E-state index in [1.54, 1.807) is 0 Å². The lowest BCUT2D eigenvalue weighted by atomic mass is 9.89. The van der Waals surface area contributed by atoms with Gasteiger partial charge in [0, 0.05) is 19.1 Å². The molecule has 16 heavy (non-hydrogen) atoms. The minimum absolute atomic E-state index is 0.388. The lowest BCUT2D eigenvalue weighted by molar-refractivity contribution is -0.0670. The molecule has 3 atom stereocenters. The van der Waals surface area contributed by atoms with Gasteiger partial charge in [-0.2, -0.15) is 0 Å². The van der Waals surface area contributed by atoms with Crippen molar-refractivity contribution in [3.05, 3.63) is 35.9 Å². The van der Waals surface area contributed by atoms with Crippen LogP contribution in [0.5, 0.6) is 0 Å². The first-order chi connectivity index (χ1) is 7.71. The minimum Gasteiger partial charge on any atom is -0.238 e. The van der Waals surface area contributed by atoms with Crippen molar-refractivity contribution in [2.24, 2.45) is 0 Å². The highest BCUT2D eigenvalue weighted by Gasteiger charge is 2.48. The number of hydrazine groups is 1. The Morgan fingerprint density at radius 3 is 2.69 bits per heavy atom. The van der Waals surface area contributed by atoms with E-state index in [-0.39, 0.29) is 0 Å². The summed E-state index contributed by atoms with van der Waals surface area (Å²) in [7, 11) is 2.25. The maximum Gasteiger partial charge on any atom is 0.0513 e. The number of hydrogen-bond acceptors (Lipinski definition) is 2. The van der Waals surface area contributed by atoms with Gasteiger partial charge in [-0.3, -0.25) is 0 Å². The number of hydrogen-bond donors (Lipinski definition) is 0. The Kier molecular flexibility index (Phi) is 2.30. The topological polar surface area (TPSA) is 6.48 Å². The molecule has 0 N–H and O–H groups in total. The summed E-state index contributed by atoms with van der Waals surface area (Å²) in [4.78, 5) is 0. The van der Waals surface area contributed by atoms with Crippen LogP contribution < -0.4 is 0 Å². The fraction of sp³-hybridized carbons (Fsp3) is 0.571. The van der Waals surface area contributed by atoms with Crippen LogP contribution in [0, 0.1) is 0 Å². The molecule has 2 fully saturated rings. The van der Waals surface area contributed by atoms with Crippen molar-refractivity contribution in [1.29, 1.82) is 0 Å². The summed E-state index contributed by atoms with van der Waals surface area (Å²) < 4.78 is 0. The molecular formula is C14H20N2. The molecule has 0 aliphatic carbocycles. The fourth-order valence-electron chi connectivity index (χ4n) is 3.33. The third kappa shape index (κ3) is 1.40. The van der Waals surface area contributed by atoms with Crippen LogP contribution in [0.25, 0.3) is 0 Å². The summed E-state index contributed by atoms with van der Waals surface area (Å²) in [5.41, 5.74) is 1.86. The summed E-state index contributed by atoms with van der Waals surface area (Å²) in [6.07, 6.45) is 3.95. The van der Waals surface area contributed by atoms with Crippen LogP contribution >= 0.6 is 0 Å². The molecule has 0 amide bonds. The van der Waals surface area contributed by atoms with E-state index >= 15 is 0 Å². The quantitative estimate of drug-likeness (QED) is 0.712. The number of fused-ring (bicyclic) bond motifs is 2. The molecule has 3 rings (SSSR count). The second-order valence-electron chi connectivity index (χ2n) is 5.42. The van der Waals surface area contributed by atoms with Crippen LogP contribution in [0.3, 0.4) is 0 Å². The number of rotatable bonds is 1. The SMILES string of the molecule is CN1N2CCCC1(C)CC2c1ccccc1. The Morgan fingerprint density at radius 2 is 2.00 bits per heavy atom. The van der Waals surface area contributed by atoms with Crippen LogP contribution in [0.2, 0.25) is 0 Å². The molecular weight excluding hydrogens is 196 g/mol. The monoisotopic (exact) mass is 216 g/mol. The zero-order chi connectivity index (χ0) is 11.2. The second kappa shape index (κ2) is 3.57. The zero-order valence-electron chi connectivity index (χ0n) is 10.2. The van der Waals surface area contributed by atoms with Crippen LogP contribution in [-0.2, 0) is 0 Å². The second-order valence-corrected chi connectivity index (χ2v) is 5.42. The van der Waals surface area contributed by atoms with Gasteiger partial charge in [-0.1, -0.05) is 30.3 Å². The van der Waals surface area contributed by atoms with Gasteiger partial charge >= 0.3 is 0 Å². The maximum atomic E-state index is 2.55. The first kappa shape index (κ1) is 10.3. The van der Waals surface area contributed by atoms with E-state index in [4.69, 9.17) is 0 Å². The Balaban J connectivity index is 1.94. The minimum atomic E-state index is 0.388. The Hall–Kier alpha value is -0.860. The molecule has 2 heterocycles. The molecule has 0 saturated carbocycles. The van der Waals surface area contributed by atoms with Crippen molar-refractivity contribution in [3.8, 4) is 0 Å². The maximum absolute atomic E-state index is 2.55. The van der Waals surface area contributed by atoms with Crippen LogP contribution in [0.1, 0.15) is 37.8 Å². The first-order valence-corrected chi connectivity index (χ1v) is 6.26. The molecule has 1 aromatic carbocycles. The van der Waals surface area contributed by atoms with E-state index in [0.717, 1.165) is 0 Å². The molecule has 2 aliphatic heterocycles. The standard InChI is InChI=1S/C14H20N2/c1-14-9-6-10-16(15(14)2)13(11-14)12-7-4-3-5-8-12/h3-5,7-8,13H,6,9-11H2,1-2H3. The van der Waals surface area contributed by atoms with Crippen LogP contribution in [0.15, 0.2) is 30.3 Å². The van der Waals surface area contributed by atoms with Gasteiger partial charge in [-0.25, -0.2) is 10.0 Å². The highest BCUT2D eigenvalue weighted by atomic mass is 15.7. The highest BCUT2D eigenvalue weighted by molar-refractivity contribution is 5.22. The van der Waals surface area contributed by atoms with E-state index in [2.05, 4.69) is 54.3 Å². The molecule has 2 nitrogen and oxygen atoms in total. The van der Waals surface area contributed by atoms with Gasteiger partial charge in [0.25, 0.3) is 0 Å². The number of nitrogens with zero attached hydrogens (tertiary/aromatic N) is 2. The van der Waals surface area contributed by atoms with Crippen molar-refractivity contribution >= 4 is 0 Å². The Morgan fingerprint density at radius 1 is 1.25 bits per heavy atom. The van der Waals surface area contributed by atoms with Gasteiger partial charge in [0.05, 0.1) is 6.04 Å². The summed E-state index contributed by atoms with van der Waals surface area (Å²) in [6.45, 7) is 3.62. The van der Waals surface area contributed by atoms with Crippen molar-refractivity contribution in [2.45, 2.75) is 37.8 Å². The van der Waals surface area contributed by atoms with Gasteiger partial charge in [0.1, 0.15) is 0 Å². The Labute approximate surface area is 97.8 Å². The van der Waals surface area contributed by atoms with Crippen molar-refractivity contribution in [3.63, 3.8) is 0 Å². The fourth-order valence-corrected chi connectivity index (χ4v) is 3.33. The molecule has 2 aliphatic rings.